The molecule has 0 unspecified atom stereocenters. The van der Waals surface area contributed by atoms with Crippen molar-refractivity contribution in [2.24, 2.45) is 12.1 Å². The first-order chi connectivity index (χ1) is 12.0. The van der Waals surface area contributed by atoms with Gasteiger partial charge in [-0.25, -0.2) is 10.1 Å². The molecule has 2 aromatic rings. The third-order valence-electron chi connectivity index (χ3n) is 3.75. The standard InChI is InChI=1S/C17H23N5O2S/c1-5-11-18-25-17(24)20-19-12(2)15-13(3)21(4)22(16(15)23)14-9-7-6-8-10-14/h6-10,18H,5,11H2,1-4H3,(H,20,24)/b19-12+. The van der Waals surface area contributed by atoms with Gasteiger partial charge >= 0.3 is 5.24 Å². The molecule has 0 spiro atoms. The number of para-hydroxylation sites is 1. The highest BCUT2D eigenvalue weighted by atomic mass is 32.2. The highest BCUT2D eigenvalue weighted by Gasteiger charge is 2.18. The minimum atomic E-state index is -0.315. The Labute approximate surface area is 151 Å². The van der Waals surface area contributed by atoms with Crippen LogP contribution in [0.4, 0.5) is 4.79 Å². The molecule has 7 nitrogen and oxygen atoms in total. The van der Waals surface area contributed by atoms with E-state index in [-0.39, 0.29) is 10.8 Å². The van der Waals surface area contributed by atoms with Crippen LogP contribution in [0.1, 0.15) is 31.5 Å². The molecule has 0 aliphatic rings. The second kappa shape index (κ2) is 8.68. The van der Waals surface area contributed by atoms with Crippen molar-refractivity contribution in [2.45, 2.75) is 27.2 Å². The smallest absolute Gasteiger partial charge is 0.285 e. The molecule has 0 aliphatic heterocycles. The molecule has 0 saturated heterocycles. The molecule has 1 amide bonds. The van der Waals surface area contributed by atoms with Gasteiger partial charge in [-0.1, -0.05) is 25.1 Å². The van der Waals surface area contributed by atoms with Crippen molar-refractivity contribution in [2.75, 3.05) is 6.54 Å². The van der Waals surface area contributed by atoms with Crippen molar-refractivity contribution in [3.8, 4) is 5.69 Å². The summed E-state index contributed by atoms with van der Waals surface area (Å²) >= 11 is 0.956. The first-order valence-electron chi connectivity index (χ1n) is 8.05. The number of carbonyl (C=O) groups is 1. The maximum absolute atomic E-state index is 12.8. The van der Waals surface area contributed by atoms with Crippen molar-refractivity contribution >= 4 is 22.9 Å². The number of hydrazone groups is 1. The van der Waals surface area contributed by atoms with Crippen LogP contribution in [0.2, 0.25) is 0 Å². The van der Waals surface area contributed by atoms with E-state index in [9.17, 15) is 9.59 Å². The third-order valence-corrected chi connectivity index (χ3v) is 4.37. The lowest BCUT2D eigenvalue weighted by atomic mass is 10.2. The van der Waals surface area contributed by atoms with Crippen molar-refractivity contribution in [1.29, 1.82) is 0 Å². The van der Waals surface area contributed by atoms with Crippen LogP contribution in [-0.2, 0) is 7.05 Å². The molecule has 2 N–H and O–H groups in total. The number of rotatable bonds is 6. The molecule has 0 bridgehead atoms. The van der Waals surface area contributed by atoms with E-state index in [0.29, 0.717) is 11.3 Å². The summed E-state index contributed by atoms with van der Waals surface area (Å²) in [5.41, 5.74) is 4.80. The van der Waals surface area contributed by atoms with Crippen LogP contribution in [0.3, 0.4) is 0 Å². The largest absolute Gasteiger partial charge is 0.314 e. The molecule has 1 aromatic carbocycles. The Morgan fingerprint density at radius 2 is 1.96 bits per heavy atom. The fourth-order valence-corrected chi connectivity index (χ4v) is 2.94. The van der Waals surface area contributed by atoms with Gasteiger partial charge < -0.3 is 0 Å². The number of carbonyl (C=O) groups excluding carboxylic acids is 1. The highest BCUT2D eigenvalue weighted by molar-refractivity contribution is 8.11. The fraction of sp³-hybridized carbons (Fsp3) is 0.353. The molecule has 8 heteroatoms. The molecule has 0 radical (unpaired) electrons. The monoisotopic (exact) mass is 361 g/mol. The second-order valence-corrected chi connectivity index (χ2v) is 6.39. The van der Waals surface area contributed by atoms with Crippen molar-refractivity contribution in [1.82, 2.24) is 19.5 Å². The van der Waals surface area contributed by atoms with Gasteiger partial charge in [0.1, 0.15) is 0 Å². The Morgan fingerprint density at radius 1 is 1.28 bits per heavy atom. The number of benzene rings is 1. The number of aromatic nitrogens is 2. The Bertz CT molecular complexity index is 824. The number of nitrogens with one attached hydrogen (secondary N) is 2. The summed E-state index contributed by atoms with van der Waals surface area (Å²) < 4.78 is 6.29. The Morgan fingerprint density at radius 3 is 2.60 bits per heavy atom. The summed E-state index contributed by atoms with van der Waals surface area (Å²) in [7, 11) is 1.82. The predicted octanol–water partition coefficient (Wildman–Crippen LogP) is 2.57. The van der Waals surface area contributed by atoms with E-state index in [2.05, 4.69) is 15.2 Å². The lowest BCUT2D eigenvalue weighted by Crippen LogP contribution is -2.24. The average Bonchev–Trinajstić information content (AvgIpc) is 2.83. The maximum atomic E-state index is 12.8. The van der Waals surface area contributed by atoms with Crippen LogP contribution >= 0.6 is 11.9 Å². The summed E-state index contributed by atoms with van der Waals surface area (Å²) in [5.74, 6) is 0. The summed E-state index contributed by atoms with van der Waals surface area (Å²) in [5, 5.41) is 3.76. The Balaban J connectivity index is 2.26. The molecule has 0 fully saturated rings. The number of amides is 1. The average molecular weight is 361 g/mol. The quantitative estimate of drug-likeness (QED) is 0.359. The van der Waals surface area contributed by atoms with Crippen molar-refractivity contribution in [3.05, 3.63) is 51.9 Å². The Kier molecular flexibility index (Phi) is 6.60. The minimum Gasteiger partial charge on any atom is -0.285 e. The zero-order chi connectivity index (χ0) is 18.4. The van der Waals surface area contributed by atoms with E-state index in [0.717, 1.165) is 36.3 Å². The van der Waals surface area contributed by atoms with Gasteiger partial charge in [0, 0.05) is 31.2 Å². The summed E-state index contributed by atoms with van der Waals surface area (Å²) in [6.07, 6.45) is 0.935. The lowest BCUT2D eigenvalue weighted by molar-refractivity contribution is 0.261. The molecular weight excluding hydrogens is 338 g/mol. The van der Waals surface area contributed by atoms with E-state index in [1.807, 2.05) is 51.2 Å². The van der Waals surface area contributed by atoms with Gasteiger partial charge in [-0.15, -0.1) is 0 Å². The molecule has 0 saturated carbocycles. The van der Waals surface area contributed by atoms with Crippen molar-refractivity contribution in [3.63, 3.8) is 0 Å². The summed E-state index contributed by atoms with van der Waals surface area (Å²) in [4.78, 5) is 24.5. The molecule has 1 heterocycles. The SMILES string of the molecule is CCCNSC(=O)N/N=C(\C)c1c(C)n(C)n(-c2ccccc2)c1=O. The molecule has 1 aromatic heterocycles. The number of hydrogen-bond donors (Lipinski definition) is 2. The van der Waals surface area contributed by atoms with Gasteiger partial charge in [0.05, 0.1) is 17.0 Å². The lowest BCUT2D eigenvalue weighted by Gasteiger charge is -2.07. The molecular formula is C17H23N5O2S. The minimum absolute atomic E-state index is 0.168. The van der Waals surface area contributed by atoms with E-state index < -0.39 is 0 Å². The molecule has 134 valence electrons. The van der Waals surface area contributed by atoms with E-state index in [4.69, 9.17) is 0 Å². The molecule has 0 atom stereocenters. The fourth-order valence-electron chi connectivity index (χ4n) is 2.41. The van der Waals surface area contributed by atoms with E-state index >= 15 is 0 Å². The van der Waals surface area contributed by atoms with Gasteiger partial charge in [0.2, 0.25) is 0 Å². The third kappa shape index (κ3) is 4.40. The van der Waals surface area contributed by atoms with Crippen LogP contribution in [-0.4, -0.2) is 26.9 Å². The van der Waals surface area contributed by atoms with Gasteiger partial charge in [0.15, 0.2) is 0 Å². The first-order valence-corrected chi connectivity index (χ1v) is 8.87. The van der Waals surface area contributed by atoms with E-state index in [1.54, 1.807) is 16.3 Å². The predicted molar refractivity (Wildman–Crippen MR) is 102 cm³/mol. The van der Waals surface area contributed by atoms with Gasteiger partial charge in [-0.2, -0.15) is 5.10 Å². The Hall–Kier alpha value is -2.32. The van der Waals surface area contributed by atoms with Crippen LogP contribution in [0, 0.1) is 6.92 Å². The second-order valence-electron chi connectivity index (χ2n) is 5.53. The summed E-state index contributed by atoms with van der Waals surface area (Å²) in [6.45, 7) is 6.32. The van der Waals surface area contributed by atoms with Gasteiger partial charge in [-0.3, -0.25) is 19.0 Å². The number of nitrogens with zero attached hydrogens (tertiary/aromatic N) is 3. The first kappa shape index (κ1) is 19.0. The maximum Gasteiger partial charge on any atom is 0.314 e. The molecule has 0 aliphatic carbocycles. The van der Waals surface area contributed by atoms with Crippen LogP contribution < -0.4 is 15.7 Å². The van der Waals surface area contributed by atoms with Gasteiger partial charge in [0.25, 0.3) is 5.56 Å². The zero-order valence-electron chi connectivity index (χ0n) is 14.9. The van der Waals surface area contributed by atoms with Crippen molar-refractivity contribution < 1.29 is 4.79 Å². The van der Waals surface area contributed by atoms with Crippen LogP contribution in [0.15, 0.2) is 40.2 Å². The zero-order valence-corrected chi connectivity index (χ0v) is 15.7. The van der Waals surface area contributed by atoms with E-state index in [1.165, 1.54) is 0 Å². The normalized spacial score (nSPS) is 11.6. The van der Waals surface area contributed by atoms with Gasteiger partial charge in [-0.05, 0) is 32.4 Å². The highest BCUT2D eigenvalue weighted by Crippen LogP contribution is 2.11. The van der Waals surface area contributed by atoms with Crippen LogP contribution in [0.5, 0.6) is 0 Å². The summed E-state index contributed by atoms with van der Waals surface area (Å²) in [6, 6.07) is 9.40. The number of hydrogen-bond acceptors (Lipinski definition) is 5. The molecule has 25 heavy (non-hydrogen) atoms. The molecule has 2 rings (SSSR count). The van der Waals surface area contributed by atoms with Crippen LogP contribution in [0.25, 0.3) is 5.69 Å². The topological polar surface area (TPSA) is 80.4 Å².